The molecule has 0 radical (unpaired) electrons. The molecular weight excluding hydrogens is 314 g/mol. The highest BCUT2D eigenvalue weighted by Crippen LogP contribution is 2.36. The Labute approximate surface area is 124 Å². The summed E-state index contributed by atoms with van der Waals surface area (Å²) < 4.78 is 27.3. The summed E-state index contributed by atoms with van der Waals surface area (Å²) in [5, 5.41) is 14.7. The monoisotopic (exact) mass is 325 g/mol. The average Bonchev–Trinajstić information content (AvgIpc) is 3.05. The molecule has 2 aromatic rings. The Hall–Kier alpha value is -1.40. The van der Waals surface area contributed by atoms with E-state index in [2.05, 4.69) is 16.1 Å². The summed E-state index contributed by atoms with van der Waals surface area (Å²) in [5.74, 6) is 0. The molecule has 0 atom stereocenters. The van der Waals surface area contributed by atoms with Crippen LogP contribution in [0.2, 0.25) is 0 Å². The standard InChI is InChI=1S/C12H11N3O2S3/c13-6-9-8-3-4-14-7-10(8)19-12(9)15-20(16,17)11-2-1-5-18-11/h1-2,5,14-15H,3-4,7H2. The van der Waals surface area contributed by atoms with Crippen molar-refractivity contribution in [2.24, 2.45) is 0 Å². The third kappa shape index (κ3) is 2.33. The van der Waals surface area contributed by atoms with Gasteiger partial charge >= 0.3 is 0 Å². The van der Waals surface area contributed by atoms with E-state index in [4.69, 9.17) is 0 Å². The van der Waals surface area contributed by atoms with Crippen LogP contribution >= 0.6 is 22.7 Å². The molecule has 2 N–H and O–H groups in total. The summed E-state index contributed by atoms with van der Waals surface area (Å²) in [7, 11) is -3.59. The van der Waals surface area contributed by atoms with E-state index in [1.165, 1.54) is 11.3 Å². The zero-order chi connectivity index (χ0) is 14.2. The number of hydrogen-bond donors (Lipinski definition) is 2. The van der Waals surface area contributed by atoms with Crippen LogP contribution in [0.4, 0.5) is 5.00 Å². The highest BCUT2D eigenvalue weighted by molar-refractivity contribution is 7.94. The van der Waals surface area contributed by atoms with E-state index < -0.39 is 10.0 Å². The Bertz CT molecular complexity index is 770. The first-order chi connectivity index (χ1) is 9.62. The van der Waals surface area contributed by atoms with Crippen molar-refractivity contribution in [2.75, 3.05) is 11.3 Å². The van der Waals surface area contributed by atoms with Crippen LogP contribution in [-0.2, 0) is 23.0 Å². The van der Waals surface area contributed by atoms with Crippen molar-refractivity contribution in [3.63, 3.8) is 0 Å². The van der Waals surface area contributed by atoms with Crippen molar-refractivity contribution in [1.82, 2.24) is 5.32 Å². The molecule has 0 aliphatic carbocycles. The average molecular weight is 325 g/mol. The van der Waals surface area contributed by atoms with Crippen molar-refractivity contribution in [2.45, 2.75) is 17.2 Å². The Balaban J connectivity index is 2.00. The van der Waals surface area contributed by atoms with Gasteiger partial charge < -0.3 is 5.32 Å². The molecule has 3 heterocycles. The molecule has 0 fully saturated rings. The van der Waals surface area contributed by atoms with E-state index in [0.29, 0.717) is 17.1 Å². The maximum Gasteiger partial charge on any atom is 0.272 e. The highest BCUT2D eigenvalue weighted by atomic mass is 32.2. The number of nitriles is 1. The minimum absolute atomic E-state index is 0.255. The predicted molar refractivity (Wildman–Crippen MR) is 79.6 cm³/mol. The molecule has 8 heteroatoms. The van der Waals surface area contributed by atoms with Crippen LogP contribution in [0.15, 0.2) is 21.7 Å². The SMILES string of the molecule is N#Cc1c(NS(=O)(=O)c2cccs2)sc2c1CCNC2. The van der Waals surface area contributed by atoms with Crippen molar-refractivity contribution < 1.29 is 8.42 Å². The van der Waals surface area contributed by atoms with Gasteiger partial charge in [-0.2, -0.15) is 5.26 Å². The first kappa shape index (κ1) is 13.6. The van der Waals surface area contributed by atoms with Crippen LogP contribution < -0.4 is 10.0 Å². The normalized spacial score (nSPS) is 14.6. The third-order valence-corrected chi connectivity index (χ3v) is 7.05. The minimum atomic E-state index is -3.59. The quantitative estimate of drug-likeness (QED) is 0.906. The van der Waals surface area contributed by atoms with Gasteiger partial charge in [-0.25, -0.2) is 8.42 Å². The molecular formula is C12H11N3O2S3. The van der Waals surface area contributed by atoms with Gasteiger partial charge in [0, 0.05) is 11.4 Å². The summed E-state index contributed by atoms with van der Waals surface area (Å²) >= 11 is 2.50. The molecule has 3 rings (SSSR count). The summed E-state index contributed by atoms with van der Waals surface area (Å²) in [6, 6.07) is 5.37. The Kier molecular flexibility index (Phi) is 3.52. The smallest absolute Gasteiger partial charge is 0.272 e. The maximum atomic E-state index is 12.2. The van der Waals surface area contributed by atoms with Crippen molar-refractivity contribution in [1.29, 1.82) is 5.26 Å². The molecule has 5 nitrogen and oxygen atoms in total. The fourth-order valence-electron chi connectivity index (χ4n) is 2.11. The fourth-order valence-corrected chi connectivity index (χ4v) is 5.58. The summed E-state index contributed by atoms with van der Waals surface area (Å²) in [6.07, 6.45) is 0.759. The third-order valence-electron chi connectivity index (χ3n) is 3.03. The first-order valence-corrected chi connectivity index (χ1v) is 9.11. The molecule has 0 spiro atoms. The lowest BCUT2D eigenvalue weighted by Crippen LogP contribution is -2.22. The van der Waals surface area contributed by atoms with Crippen LogP contribution in [0, 0.1) is 11.3 Å². The molecule has 0 amide bonds. The zero-order valence-electron chi connectivity index (χ0n) is 10.3. The van der Waals surface area contributed by atoms with E-state index in [9.17, 15) is 13.7 Å². The first-order valence-electron chi connectivity index (χ1n) is 5.93. The summed E-state index contributed by atoms with van der Waals surface area (Å²) in [6.45, 7) is 1.50. The largest absolute Gasteiger partial charge is 0.312 e. The number of rotatable bonds is 3. The Morgan fingerprint density at radius 1 is 1.45 bits per heavy atom. The molecule has 0 saturated carbocycles. The molecule has 104 valence electrons. The number of nitrogens with one attached hydrogen (secondary N) is 2. The number of anilines is 1. The van der Waals surface area contributed by atoms with Gasteiger partial charge in [0.25, 0.3) is 10.0 Å². The molecule has 0 saturated heterocycles. The molecule has 1 aliphatic heterocycles. The number of nitrogens with zero attached hydrogens (tertiary/aromatic N) is 1. The zero-order valence-corrected chi connectivity index (χ0v) is 12.8. The van der Waals surface area contributed by atoms with E-state index in [1.807, 2.05) is 0 Å². The van der Waals surface area contributed by atoms with Crippen LogP contribution in [0.5, 0.6) is 0 Å². The van der Waals surface area contributed by atoms with Gasteiger partial charge in [-0.1, -0.05) is 6.07 Å². The Morgan fingerprint density at radius 2 is 2.30 bits per heavy atom. The van der Waals surface area contributed by atoms with E-state index in [0.717, 1.165) is 34.7 Å². The van der Waals surface area contributed by atoms with E-state index in [-0.39, 0.29) is 4.21 Å². The number of sulfonamides is 1. The van der Waals surface area contributed by atoms with Crippen molar-refractivity contribution in [3.8, 4) is 6.07 Å². The van der Waals surface area contributed by atoms with Gasteiger partial charge in [-0.15, -0.1) is 22.7 Å². The topological polar surface area (TPSA) is 82.0 Å². The molecule has 0 aromatic carbocycles. The number of hydrogen-bond acceptors (Lipinski definition) is 6. The Morgan fingerprint density at radius 3 is 3.00 bits per heavy atom. The second-order valence-electron chi connectivity index (χ2n) is 4.28. The van der Waals surface area contributed by atoms with Gasteiger partial charge in [0.05, 0.1) is 5.56 Å². The lowest BCUT2D eigenvalue weighted by Gasteiger charge is -2.11. The van der Waals surface area contributed by atoms with Crippen molar-refractivity contribution >= 4 is 37.7 Å². The summed E-state index contributed by atoms with van der Waals surface area (Å²) in [5.41, 5.74) is 1.44. The van der Waals surface area contributed by atoms with Gasteiger partial charge in [-0.05, 0) is 30.0 Å². The van der Waals surface area contributed by atoms with Crippen LogP contribution in [0.3, 0.4) is 0 Å². The van der Waals surface area contributed by atoms with Gasteiger partial charge in [0.15, 0.2) is 0 Å². The van der Waals surface area contributed by atoms with E-state index in [1.54, 1.807) is 17.5 Å². The second-order valence-corrected chi connectivity index (χ2v) is 8.25. The minimum Gasteiger partial charge on any atom is -0.312 e. The van der Waals surface area contributed by atoms with Crippen molar-refractivity contribution in [3.05, 3.63) is 33.5 Å². The molecule has 2 aromatic heterocycles. The number of thiophene rings is 2. The lowest BCUT2D eigenvalue weighted by atomic mass is 10.1. The molecule has 20 heavy (non-hydrogen) atoms. The molecule has 0 bridgehead atoms. The number of fused-ring (bicyclic) bond motifs is 1. The predicted octanol–water partition coefficient (Wildman–Crippen LogP) is 2.13. The lowest BCUT2D eigenvalue weighted by molar-refractivity contribution is 0.603. The van der Waals surface area contributed by atoms with Gasteiger partial charge in [0.2, 0.25) is 0 Å². The maximum absolute atomic E-state index is 12.2. The van der Waals surface area contributed by atoms with Gasteiger partial charge in [0.1, 0.15) is 15.3 Å². The van der Waals surface area contributed by atoms with Crippen LogP contribution in [0.25, 0.3) is 0 Å². The molecule has 1 aliphatic rings. The van der Waals surface area contributed by atoms with E-state index >= 15 is 0 Å². The highest BCUT2D eigenvalue weighted by Gasteiger charge is 2.24. The summed E-state index contributed by atoms with van der Waals surface area (Å²) in [4.78, 5) is 1.04. The second kappa shape index (κ2) is 5.18. The molecule has 0 unspecified atom stereocenters. The van der Waals surface area contributed by atoms with Gasteiger partial charge in [-0.3, -0.25) is 4.72 Å². The fraction of sp³-hybridized carbons (Fsp3) is 0.250. The van der Waals surface area contributed by atoms with Crippen LogP contribution in [0.1, 0.15) is 16.0 Å². The van der Waals surface area contributed by atoms with Crippen LogP contribution in [-0.4, -0.2) is 15.0 Å².